The molecule has 8 nitrogen and oxygen atoms in total. The van der Waals surface area contributed by atoms with Gasteiger partial charge < -0.3 is 4.42 Å². The summed E-state index contributed by atoms with van der Waals surface area (Å²) in [5, 5.41) is 0. The topological polar surface area (TPSA) is 109 Å². The van der Waals surface area contributed by atoms with Crippen LogP contribution in [0.15, 0.2) is 45.9 Å². The molecular formula is C14H14FN3O5S. The van der Waals surface area contributed by atoms with Crippen LogP contribution in [0.4, 0.5) is 4.39 Å². The molecular weight excluding hydrogens is 341 g/mol. The van der Waals surface area contributed by atoms with Crippen LogP contribution in [0.25, 0.3) is 0 Å². The van der Waals surface area contributed by atoms with Crippen LogP contribution in [0.5, 0.6) is 0 Å². The second kappa shape index (κ2) is 6.81. The maximum Gasteiger partial charge on any atom is 0.305 e. The fourth-order valence-corrected chi connectivity index (χ4v) is 2.63. The molecule has 0 aliphatic carbocycles. The largest absolute Gasteiger partial charge is 0.459 e. The van der Waals surface area contributed by atoms with E-state index in [-0.39, 0.29) is 10.7 Å². The Balaban J connectivity index is 2.19. The molecule has 0 aliphatic rings. The molecule has 24 heavy (non-hydrogen) atoms. The molecule has 0 unspecified atom stereocenters. The molecule has 2 rings (SSSR count). The van der Waals surface area contributed by atoms with Gasteiger partial charge in [0.15, 0.2) is 5.76 Å². The molecule has 128 valence electrons. The molecule has 0 bridgehead atoms. The second-order valence-electron chi connectivity index (χ2n) is 4.81. The summed E-state index contributed by atoms with van der Waals surface area (Å²) in [6.07, 6.45) is 1.27. The highest BCUT2D eigenvalue weighted by atomic mass is 32.2. The Labute approximate surface area is 137 Å². The van der Waals surface area contributed by atoms with Gasteiger partial charge in [-0.25, -0.2) is 17.1 Å². The van der Waals surface area contributed by atoms with Gasteiger partial charge in [-0.05, 0) is 30.3 Å². The van der Waals surface area contributed by atoms with Crippen molar-refractivity contribution in [1.82, 2.24) is 15.2 Å². The number of nitrogens with zero attached hydrogens (tertiary/aromatic N) is 1. The van der Waals surface area contributed by atoms with Crippen molar-refractivity contribution in [1.29, 1.82) is 0 Å². The molecule has 1 aromatic heterocycles. The Hall–Kier alpha value is -2.72. The number of carbonyl (C=O) groups is 2. The molecule has 0 saturated carbocycles. The van der Waals surface area contributed by atoms with Crippen molar-refractivity contribution in [2.24, 2.45) is 0 Å². The van der Waals surface area contributed by atoms with Crippen molar-refractivity contribution in [3.63, 3.8) is 0 Å². The maximum absolute atomic E-state index is 13.8. The van der Waals surface area contributed by atoms with Gasteiger partial charge >= 0.3 is 5.91 Å². The van der Waals surface area contributed by atoms with Crippen LogP contribution in [0, 0.1) is 5.82 Å². The number of amides is 2. The summed E-state index contributed by atoms with van der Waals surface area (Å²) in [5.74, 6) is -2.74. The number of benzene rings is 1. The zero-order chi connectivity index (χ0) is 17.9. The average Bonchev–Trinajstić information content (AvgIpc) is 3.06. The number of carbonyl (C=O) groups excluding carboxylic acids is 2. The molecule has 1 aromatic carbocycles. The van der Waals surface area contributed by atoms with E-state index in [0.29, 0.717) is 0 Å². The van der Waals surface area contributed by atoms with Gasteiger partial charge in [-0.15, -0.1) is 0 Å². The number of nitrogens with one attached hydrogen (secondary N) is 2. The molecule has 0 saturated heterocycles. The lowest BCUT2D eigenvalue weighted by Gasteiger charge is -2.13. The number of furan rings is 1. The van der Waals surface area contributed by atoms with Gasteiger partial charge in [0, 0.05) is 14.1 Å². The number of hydrogen-bond donors (Lipinski definition) is 2. The first-order valence-corrected chi connectivity index (χ1v) is 8.03. The van der Waals surface area contributed by atoms with Crippen molar-refractivity contribution < 1.29 is 26.8 Å². The monoisotopic (exact) mass is 355 g/mol. The highest BCUT2D eigenvalue weighted by Crippen LogP contribution is 2.17. The summed E-state index contributed by atoms with van der Waals surface area (Å²) in [6, 6.07) is 5.64. The van der Waals surface area contributed by atoms with Gasteiger partial charge in [-0.3, -0.25) is 20.4 Å². The molecule has 2 amide bonds. The van der Waals surface area contributed by atoms with Crippen molar-refractivity contribution in [2.75, 3.05) is 14.1 Å². The van der Waals surface area contributed by atoms with Crippen LogP contribution < -0.4 is 10.9 Å². The second-order valence-corrected chi connectivity index (χ2v) is 6.97. The Morgan fingerprint density at radius 3 is 2.38 bits per heavy atom. The zero-order valence-electron chi connectivity index (χ0n) is 12.7. The summed E-state index contributed by atoms with van der Waals surface area (Å²) in [5.41, 5.74) is 3.49. The molecule has 1 heterocycles. The van der Waals surface area contributed by atoms with Crippen molar-refractivity contribution in [2.45, 2.75) is 4.90 Å². The lowest BCUT2D eigenvalue weighted by molar-refractivity contribution is 0.0828. The normalized spacial score (nSPS) is 11.3. The van der Waals surface area contributed by atoms with E-state index in [0.717, 1.165) is 22.5 Å². The number of halogens is 1. The number of hydrazine groups is 1. The van der Waals surface area contributed by atoms with E-state index >= 15 is 0 Å². The van der Waals surface area contributed by atoms with Crippen molar-refractivity contribution >= 4 is 21.8 Å². The highest BCUT2D eigenvalue weighted by molar-refractivity contribution is 7.89. The highest BCUT2D eigenvalue weighted by Gasteiger charge is 2.21. The lowest BCUT2D eigenvalue weighted by Crippen LogP contribution is -2.41. The minimum Gasteiger partial charge on any atom is -0.459 e. The molecule has 10 heteroatoms. The number of hydrogen-bond acceptors (Lipinski definition) is 5. The smallest absolute Gasteiger partial charge is 0.305 e. The molecule has 0 spiro atoms. The van der Waals surface area contributed by atoms with Gasteiger partial charge in [0.05, 0.1) is 16.7 Å². The van der Waals surface area contributed by atoms with Crippen molar-refractivity contribution in [3.8, 4) is 0 Å². The van der Waals surface area contributed by atoms with E-state index in [1.54, 1.807) is 0 Å². The van der Waals surface area contributed by atoms with Crippen LogP contribution in [0.1, 0.15) is 20.9 Å². The maximum atomic E-state index is 13.8. The van der Waals surface area contributed by atoms with E-state index < -0.39 is 33.2 Å². The van der Waals surface area contributed by atoms with Gasteiger partial charge in [-0.1, -0.05) is 0 Å². The molecule has 2 N–H and O–H groups in total. The number of sulfonamides is 1. The predicted octanol–water partition coefficient (Wildman–Crippen LogP) is 0.744. The Morgan fingerprint density at radius 2 is 1.79 bits per heavy atom. The van der Waals surface area contributed by atoms with E-state index in [4.69, 9.17) is 4.42 Å². The molecule has 0 radical (unpaired) electrons. The first-order chi connectivity index (χ1) is 11.2. The summed E-state index contributed by atoms with van der Waals surface area (Å²) in [6.45, 7) is 0. The standard InChI is InChI=1S/C14H14FN3O5S/c1-18(2)24(21,22)9-5-6-11(15)10(8-9)13(19)16-17-14(20)12-4-3-7-23-12/h3-8H,1-2H3,(H,16,19)(H,17,20). The minimum atomic E-state index is -3.83. The minimum absolute atomic E-state index is 0.0558. The third-order valence-corrected chi connectivity index (χ3v) is 4.81. The Morgan fingerprint density at radius 1 is 1.12 bits per heavy atom. The predicted molar refractivity (Wildman–Crippen MR) is 80.9 cm³/mol. The summed E-state index contributed by atoms with van der Waals surface area (Å²) in [7, 11) is -1.22. The van der Waals surface area contributed by atoms with Gasteiger partial charge in [0.1, 0.15) is 5.82 Å². The van der Waals surface area contributed by atoms with E-state index in [9.17, 15) is 22.4 Å². The SMILES string of the molecule is CN(C)S(=O)(=O)c1ccc(F)c(C(=O)NNC(=O)c2ccco2)c1. The molecule has 2 aromatic rings. The summed E-state index contributed by atoms with van der Waals surface area (Å²) < 4.78 is 43.6. The van der Waals surface area contributed by atoms with Crippen LogP contribution in [0.3, 0.4) is 0 Å². The first-order valence-electron chi connectivity index (χ1n) is 6.59. The average molecular weight is 355 g/mol. The van der Waals surface area contributed by atoms with Gasteiger partial charge in [0.2, 0.25) is 10.0 Å². The van der Waals surface area contributed by atoms with Gasteiger partial charge in [-0.2, -0.15) is 0 Å². The third-order valence-electron chi connectivity index (χ3n) is 3.00. The number of rotatable bonds is 4. The lowest BCUT2D eigenvalue weighted by atomic mass is 10.2. The fourth-order valence-electron chi connectivity index (χ4n) is 1.70. The van der Waals surface area contributed by atoms with Crippen LogP contribution in [-0.2, 0) is 10.0 Å². The van der Waals surface area contributed by atoms with E-state index in [1.165, 1.54) is 32.5 Å². The summed E-state index contributed by atoms with van der Waals surface area (Å²) in [4.78, 5) is 23.4. The zero-order valence-corrected chi connectivity index (χ0v) is 13.6. The molecule has 0 aliphatic heterocycles. The van der Waals surface area contributed by atoms with E-state index in [1.807, 2.05) is 10.9 Å². The fraction of sp³-hybridized carbons (Fsp3) is 0.143. The van der Waals surface area contributed by atoms with E-state index in [2.05, 4.69) is 0 Å². The third kappa shape index (κ3) is 3.60. The Bertz CT molecular complexity index is 863. The van der Waals surface area contributed by atoms with Crippen LogP contribution in [-0.4, -0.2) is 38.6 Å². The van der Waals surface area contributed by atoms with Crippen LogP contribution in [0.2, 0.25) is 0 Å². The van der Waals surface area contributed by atoms with Crippen molar-refractivity contribution in [3.05, 3.63) is 53.7 Å². The van der Waals surface area contributed by atoms with Crippen LogP contribution >= 0.6 is 0 Å². The molecule has 0 fully saturated rings. The molecule has 0 atom stereocenters. The van der Waals surface area contributed by atoms with Gasteiger partial charge in [0.25, 0.3) is 5.91 Å². The summed E-state index contributed by atoms with van der Waals surface area (Å²) >= 11 is 0. The Kier molecular flexibility index (Phi) is 5.00. The first kappa shape index (κ1) is 17.6. The quantitative estimate of drug-likeness (QED) is 0.787.